The van der Waals surface area contributed by atoms with E-state index in [1.54, 1.807) is 0 Å². The molecule has 0 aliphatic carbocycles. The summed E-state index contributed by atoms with van der Waals surface area (Å²) in [5.74, 6) is 1.10. The summed E-state index contributed by atoms with van der Waals surface area (Å²) in [5, 5.41) is 3.45. The van der Waals surface area contributed by atoms with E-state index in [0.29, 0.717) is 6.04 Å². The van der Waals surface area contributed by atoms with Crippen LogP contribution in [0, 0.1) is 0 Å². The third-order valence-corrected chi connectivity index (χ3v) is 4.27. The number of pyridine rings is 1. The highest BCUT2D eigenvalue weighted by Gasteiger charge is 2.04. The molecule has 0 saturated carbocycles. The Balaban J connectivity index is 1.88. The van der Waals surface area contributed by atoms with Crippen LogP contribution in [-0.4, -0.2) is 17.3 Å². The van der Waals surface area contributed by atoms with Gasteiger partial charge in [0.2, 0.25) is 0 Å². The second kappa shape index (κ2) is 8.08. The monoisotopic (exact) mass is 286 g/mol. The van der Waals surface area contributed by atoms with Gasteiger partial charge in [0.25, 0.3) is 0 Å². The zero-order valence-electron chi connectivity index (χ0n) is 12.2. The molecule has 106 valence electrons. The number of benzene rings is 1. The Morgan fingerprint density at radius 2 is 2.00 bits per heavy atom. The van der Waals surface area contributed by atoms with Crippen LogP contribution < -0.4 is 5.32 Å². The first kappa shape index (κ1) is 15.1. The van der Waals surface area contributed by atoms with Gasteiger partial charge in [-0.2, -0.15) is 0 Å². The summed E-state index contributed by atoms with van der Waals surface area (Å²) < 4.78 is 0. The molecule has 2 aromatic rings. The zero-order chi connectivity index (χ0) is 14.2. The van der Waals surface area contributed by atoms with Gasteiger partial charge in [-0.25, -0.2) is 0 Å². The van der Waals surface area contributed by atoms with Crippen molar-refractivity contribution in [2.75, 3.05) is 12.3 Å². The Labute approximate surface area is 126 Å². The normalized spacial score (nSPS) is 12.3. The lowest BCUT2D eigenvalue weighted by Crippen LogP contribution is -2.17. The number of nitrogens with zero attached hydrogens (tertiary/aromatic N) is 1. The number of thioether (sulfide) groups is 1. The maximum Gasteiger partial charge on any atom is 0.0292 e. The lowest BCUT2D eigenvalue weighted by Gasteiger charge is -2.13. The number of aryl methyl sites for hydroxylation is 1. The van der Waals surface area contributed by atoms with Gasteiger partial charge in [-0.1, -0.05) is 19.1 Å². The van der Waals surface area contributed by atoms with Crippen molar-refractivity contribution in [1.29, 1.82) is 0 Å². The third-order valence-electron chi connectivity index (χ3n) is 3.28. The molecule has 2 rings (SSSR count). The molecule has 2 nitrogen and oxygen atoms in total. The molecule has 0 radical (unpaired) electrons. The number of hydrogen-bond donors (Lipinski definition) is 1. The highest BCUT2D eigenvalue weighted by atomic mass is 32.2. The van der Waals surface area contributed by atoms with E-state index in [2.05, 4.69) is 60.5 Å². The van der Waals surface area contributed by atoms with Gasteiger partial charge in [0.15, 0.2) is 0 Å². The van der Waals surface area contributed by atoms with Gasteiger partial charge < -0.3 is 5.32 Å². The predicted molar refractivity (Wildman–Crippen MR) is 87.2 cm³/mol. The molecular formula is C17H22N2S. The summed E-state index contributed by atoms with van der Waals surface area (Å²) in [7, 11) is 0. The Morgan fingerprint density at radius 3 is 2.75 bits per heavy atom. The molecule has 0 spiro atoms. The van der Waals surface area contributed by atoms with Crippen LogP contribution in [-0.2, 0) is 6.42 Å². The van der Waals surface area contributed by atoms with Crippen LogP contribution in [0.4, 0.5) is 0 Å². The fourth-order valence-electron chi connectivity index (χ4n) is 2.13. The van der Waals surface area contributed by atoms with Crippen molar-refractivity contribution in [3.05, 3.63) is 59.9 Å². The standard InChI is InChI=1S/C17H22N2S/c1-3-19-14(2)16-5-4-6-17(13-16)20-12-9-15-7-10-18-11-8-15/h4-8,10-11,13-14,19H,3,9,12H2,1-2H3. The van der Waals surface area contributed by atoms with Crippen molar-refractivity contribution in [3.8, 4) is 0 Å². The summed E-state index contributed by atoms with van der Waals surface area (Å²) in [6.45, 7) is 5.36. The fourth-order valence-corrected chi connectivity index (χ4v) is 3.10. The van der Waals surface area contributed by atoms with E-state index in [1.807, 2.05) is 24.2 Å². The van der Waals surface area contributed by atoms with Gasteiger partial charge in [-0.15, -0.1) is 11.8 Å². The summed E-state index contributed by atoms with van der Waals surface area (Å²) in [5.41, 5.74) is 2.71. The molecular weight excluding hydrogens is 264 g/mol. The molecule has 0 aliphatic heterocycles. The largest absolute Gasteiger partial charge is 0.310 e. The van der Waals surface area contributed by atoms with Crippen molar-refractivity contribution in [1.82, 2.24) is 10.3 Å². The third kappa shape index (κ3) is 4.66. The highest BCUT2D eigenvalue weighted by molar-refractivity contribution is 7.99. The molecule has 1 atom stereocenters. The average molecular weight is 286 g/mol. The van der Waals surface area contributed by atoms with Crippen molar-refractivity contribution in [2.24, 2.45) is 0 Å². The van der Waals surface area contributed by atoms with Gasteiger partial charge in [-0.05, 0) is 55.3 Å². The topological polar surface area (TPSA) is 24.9 Å². The summed E-state index contributed by atoms with van der Waals surface area (Å²) in [6, 6.07) is 13.4. The summed E-state index contributed by atoms with van der Waals surface area (Å²) in [4.78, 5) is 5.39. The van der Waals surface area contributed by atoms with E-state index in [0.717, 1.165) is 18.7 Å². The summed E-state index contributed by atoms with van der Waals surface area (Å²) in [6.07, 6.45) is 4.80. The predicted octanol–water partition coefficient (Wildman–Crippen LogP) is 4.09. The molecule has 0 aliphatic rings. The molecule has 0 fully saturated rings. The molecule has 1 aromatic carbocycles. The van der Waals surface area contributed by atoms with E-state index in [-0.39, 0.29) is 0 Å². The van der Waals surface area contributed by atoms with Crippen LogP contribution >= 0.6 is 11.8 Å². The first-order valence-corrected chi connectivity index (χ1v) is 8.13. The van der Waals surface area contributed by atoms with Crippen LogP contribution in [0.1, 0.15) is 31.0 Å². The van der Waals surface area contributed by atoms with E-state index < -0.39 is 0 Å². The lowest BCUT2D eigenvalue weighted by molar-refractivity contribution is 0.597. The molecule has 20 heavy (non-hydrogen) atoms. The second-order valence-electron chi connectivity index (χ2n) is 4.81. The Bertz CT molecular complexity index is 513. The van der Waals surface area contributed by atoms with E-state index in [9.17, 15) is 0 Å². The number of rotatable bonds is 7. The molecule has 1 heterocycles. The minimum absolute atomic E-state index is 0.417. The second-order valence-corrected chi connectivity index (χ2v) is 5.97. The highest BCUT2D eigenvalue weighted by Crippen LogP contribution is 2.23. The first-order valence-electron chi connectivity index (χ1n) is 7.14. The quantitative estimate of drug-likeness (QED) is 0.776. The molecule has 3 heteroatoms. The Kier molecular flexibility index (Phi) is 6.09. The fraction of sp³-hybridized carbons (Fsp3) is 0.353. The van der Waals surface area contributed by atoms with Crippen molar-refractivity contribution < 1.29 is 0 Å². The van der Waals surface area contributed by atoms with E-state index in [1.165, 1.54) is 16.0 Å². The minimum Gasteiger partial charge on any atom is -0.310 e. The van der Waals surface area contributed by atoms with Gasteiger partial charge in [-0.3, -0.25) is 4.98 Å². The summed E-state index contributed by atoms with van der Waals surface area (Å²) >= 11 is 1.92. The maximum atomic E-state index is 4.05. The van der Waals surface area contributed by atoms with Crippen LogP contribution in [0.2, 0.25) is 0 Å². The molecule has 1 N–H and O–H groups in total. The van der Waals surface area contributed by atoms with Crippen LogP contribution in [0.25, 0.3) is 0 Å². The van der Waals surface area contributed by atoms with Crippen molar-refractivity contribution in [3.63, 3.8) is 0 Å². The molecule has 1 aromatic heterocycles. The first-order chi connectivity index (χ1) is 9.79. The van der Waals surface area contributed by atoms with Crippen molar-refractivity contribution in [2.45, 2.75) is 31.2 Å². The number of aromatic nitrogens is 1. The number of hydrogen-bond acceptors (Lipinski definition) is 3. The molecule has 0 bridgehead atoms. The van der Waals surface area contributed by atoms with Crippen molar-refractivity contribution >= 4 is 11.8 Å². The van der Waals surface area contributed by atoms with Gasteiger partial charge in [0.1, 0.15) is 0 Å². The lowest BCUT2D eigenvalue weighted by atomic mass is 10.1. The Hall–Kier alpha value is -1.32. The molecule has 1 unspecified atom stereocenters. The molecule has 0 amide bonds. The van der Waals surface area contributed by atoms with E-state index in [4.69, 9.17) is 0 Å². The van der Waals surface area contributed by atoms with Crippen LogP contribution in [0.3, 0.4) is 0 Å². The maximum absolute atomic E-state index is 4.05. The minimum atomic E-state index is 0.417. The van der Waals surface area contributed by atoms with Crippen LogP contribution in [0.5, 0.6) is 0 Å². The Morgan fingerprint density at radius 1 is 1.20 bits per heavy atom. The van der Waals surface area contributed by atoms with Crippen LogP contribution in [0.15, 0.2) is 53.7 Å². The van der Waals surface area contributed by atoms with Gasteiger partial charge in [0.05, 0.1) is 0 Å². The van der Waals surface area contributed by atoms with Gasteiger partial charge >= 0.3 is 0 Å². The van der Waals surface area contributed by atoms with E-state index >= 15 is 0 Å². The van der Waals surface area contributed by atoms with Gasteiger partial charge in [0, 0.05) is 29.1 Å². The molecule has 0 saturated heterocycles. The average Bonchev–Trinajstić information content (AvgIpc) is 2.49. The number of nitrogens with one attached hydrogen (secondary N) is 1. The smallest absolute Gasteiger partial charge is 0.0292 e. The SMILES string of the molecule is CCNC(C)c1cccc(SCCc2ccncc2)c1. The zero-order valence-corrected chi connectivity index (χ0v) is 13.0.